The van der Waals surface area contributed by atoms with E-state index in [4.69, 9.17) is 47.4 Å². The average molecular weight is 817 g/mol. The van der Waals surface area contributed by atoms with Gasteiger partial charge in [-0.25, -0.2) is 0 Å². The molecule has 0 aliphatic carbocycles. The highest BCUT2D eigenvalue weighted by Gasteiger charge is 2.62. The molecule has 5 aliphatic heterocycles. The third-order valence-corrected chi connectivity index (χ3v) is 14.3. The minimum absolute atomic E-state index is 0.119. The Hall–Kier alpha value is -1.01. The summed E-state index contributed by atoms with van der Waals surface area (Å²) >= 11 is 0. The van der Waals surface area contributed by atoms with Crippen molar-refractivity contribution in [3.05, 3.63) is 0 Å². The van der Waals surface area contributed by atoms with Crippen LogP contribution in [0.2, 0.25) is 0 Å². The third kappa shape index (κ3) is 10.2. The van der Waals surface area contributed by atoms with E-state index in [9.17, 15) is 20.1 Å². The molecule has 0 saturated carbocycles. The van der Waals surface area contributed by atoms with Crippen LogP contribution in [0.4, 0.5) is 0 Å². The Morgan fingerprint density at radius 3 is 2.23 bits per heavy atom. The lowest BCUT2D eigenvalue weighted by Gasteiger charge is -2.49. The van der Waals surface area contributed by atoms with Crippen LogP contribution in [-0.2, 0) is 52.2 Å². The summed E-state index contributed by atoms with van der Waals surface area (Å²) in [5.74, 6) is -3.85. The quantitative estimate of drug-likeness (QED) is 0.124. The minimum Gasteiger partial charge on any atom is -0.463 e. The Labute approximate surface area is 341 Å². The van der Waals surface area contributed by atoms with E-state index in [1.54, 1.807) is 21.1 Å². The van der Waals surface area contributed by atoms with E-state index in [2.05, 4.69) is 27.7 Å². The fourth-order valence-corrected chi connectivity index (χ4v) is 10.7. The minimum atomic E-state index is -1.57. The van der Waals surface area contributed by atoms with Crippen LogP contribution in [0.25, 0.3) is 0 Å². The maximum atomic E-state index is 13.2. The molecule has 5 fully saturated rings. The summed E-state index contributed by atoms with van der Waals surface area (Å²) in [6.45, 7) is 18.1. The van der Waals surface area contributed by atoms with E-state index in [0.29, 0.717) is 45.7 Å². The fourth-order valence-electron chi connectivity index (χ4n) is 10.7. The molecule has 0 aromatic heterocycles. The van der Waals surface area contributed by atoms with E-state index >= 15 is 0 Å². The highest BCUT2D eigenvalue weighted by atomic mass is 16.7. The van der Waals surface area contributed by atoms with Gasteiger partial charge in [0, 0.05) is 44.8 Å². The molecular weight excluding hydrogens is 740 g/mol. The maximum absolute atomic E-state index is 13.2. The Morgan fingerprint density at radius 1 is 0.895 bits per heavy atom. The van der Waals surface area contributed by atoms with E-state index in [0.717, 1.165) is 32.1 Å². The summed E-state index contributed by atoms with van der Waals surface area (Å²) in [6, 6.07) is 0. The van der Waals surface area contributed by atoms with E-state index in [-0.39, 0.29) is 73.2 Å². The van der Waals surface area contributed by atoms with Gasteiger partial charge in [0.05, 0.1) is 99.5 Å². The largest absolute Gasteiger partial charge is 0.463 e. The molecule has 14 heteroatoms. The number of esters is 1. The van der Waals surface area contributed by atoms with Gasteiger partial charge in [0.2, 0.25) is 0 Å². The molecule has 5 heterocycles. The molecule has 332 valence electrons. The summed E-state index contributed by atoms with van der Waals surface area (Å²) in [6.07, 6.45) is 3.00. The SMILES string of the molecule is CC[C@@]1([C@@H]2O[C@@H]([C@H]3O[C@@](O)(CO)[C@H](C)C[C@@H]3C)C[C@@H]2C)CC[C@H]([C@]2(C)CC[C@]3(C[C@H](O)[C@@H](C)[C@@H]([C@@H](C)[C@@H](OC)[C@H](C)C(=O)OCCOCCOCCOC)O3)O2)O1. The second kappa shape index (κ2) is 19.8. The first-order valence-electron chi connectivity index (χ1n) is 21.8. The molecular formula is C43H76O14. The number of carbonyl (C=O) groups is 1. The Kier molecular flexibility index (Phi) is 16.3. The van der Waals surface area contributed by atoms with Crippen LogP contribution in [0.5, 0.6) is 0 Å². The lowest BCUT2D eigenvalue weighted by atomic mass is 9.78. The van der Waals surface area contributed by atoms with Crippen molar-refractivity contribution in [1.29, 1.82) is 0 Å². The second-order valence-corrected chi connectivity index (χ2v) is 18.3. The molecule has 3 N–H and O–H groups in total. The van der Waals surface area contributed by atoms with Gasteiger partial charge in [-0.2, -0.15) is 0 Å². The Bertz CT molecular complexity index is 1270. The predicted octanol–water partition coefficient (Wildman–Crippen LogP) is 4.41. The van der Waals surface area contributed by atoms with Crippen LogP contribution in [0.1, 0.15) is 107 Å². The normalized spacial score (nSPS) is 44.0. The lowest BCUT2D eigenvalue weighted by Crippen LogP contribution is -2.57. The highest BCUT2D eigenvalue weighted by molar-refractivity contribution is 5.72. The molecule has 0 bridgehead atoms. The molecule has 0 unspecified atom stereocenters. The van der Waals surface area contributed by atoms with Gasteiger partial charge in [-0.05, 0) is 64.2 Å². The van der Waals surface area contributed by atoms with Crippen LogP contribution in [0.15, 0.2) is 0 Å². The van der Waals surface area contributed by atoms with Gasteiger partial charge in [-0.15, -0.1) is 0 Å². The first kappa shape index (κ1) is 47.0. The molecule has 0 radical (unpaired) electrons. The zero-order valence-electron chi connectivity index (χ0n) is 36.4. The van der Waals surface area contributed by atoms with Crippen LogP contribution >= 0.6 is 0 Å². The zero-order chi connectivity index (χ0) is 41.8. The standard InChI is InChI=1S/C43H76O14/c1-11-41(38-27(3)23-33(53-38)35-26(2)22-28(4)43(47,25-44)56-35)13-12-34(54-41)40(8)14-15-42(57-40)24-32(45)29(5)37(55-42)30(6)36(49-10)31(7)39(46)52-21-20-51-19-18-50-17-16-48-9/h26-38,44-45,47H,11-25H2,1-10H3/t26-,27-,28+,29+,30-,31-,32-,33+,34+,35-,36+,37-,38+,40-,41-,42+,43-/m0/s1. The van der Waals surface area contributed by atoms with Gasteiger partial charge in [-0.3, -0.25) is 4.79 Å². The molecule has 5 rings (SSSR count). The molecule has 5 aliphatic rings. The number of aliphatic hydroxyl groups is 3. The summed E-state index contributed by atoms with van der Waals surface area (Å²) in [7, 11) is 3.21. The Balaban J connectivity index is 1.18. The number of hydrogen-bond acceptors (Lipinski definition) is 14. The second-order valence-electron chi connectivity index (χ2n) is 18.3. The number of ether oxygens (including phenoxy) is 10. The topological polar surface area (TPSA) is 170 Å². The molecule has 17 atom stereocenters. The van der Waals surface area contributed by atoms with Crippen molar-refractivity contribution in [2.75, 3.05) is 60.5 Å². The molecule has 14 nitrogen and oxygen atoms in total. The zero-order valence-corrected chi connectivity index (χ0v) is 36.4. The number of methoxy groups -OCH3 is 2. The molecule has 57 heavy (non-hydrogen) atoms. The number of aliphatic hydroxyl groups excluding tert-OH is 2. The van der Waals surface area contributed by atoms with Crippen molar-refractivity contribution in [1.82, 2.24) is 0 Å². The summed E-state index contributed by atoms with van der Waals surface area (Å²) < 4.78 is 61.5. The van der Waals surface area contributed by atoms with Crippen molar-refractivity contribution in [2.45, 2.75) is 172 Å². The summed E-state index contributed by atoms with van der Waals surface area (Å²) in [5, 5.41) is 32.5. The molecule has 0 amide bonds. The number of rotatable bonds is 19. The summed E-state index contributed by atoms with van der Waals surface area (Å²) in [4.78, 5) is 13.2. The van der Waals surface area contributed by atoms with Gasteiger partial charge < -0.3 is 62.7 Å². The molecule has 0 aromatic carbocycles. The fraction of sp³-hybridized carbons (Fsp3) is 0.977. The smallest absolute Gasteiger partial charge is 0.311 e. The molecule has 1 spiro atoms. The van der Waals surface area contributed by atoms with E-state index in [1.165, 1.54) is 0 Å². The van der Waals surface area contributed by atoms with Gasteiger partial charge in [0.25, 0.3) is 0 Å². The van der Waals surface area contributed by atoms with Crippen LogP contribution in [-0.4, -0.2) is 147 Å². The maximum Gasteiger partial charge on any atom is 0.311 e. The van der Waals surface area contributed by atoms with Gasteiger partial charge in [0.1, 0.15) is 6.61 Å². The van der Waals surface area contributed by atoms with Crippen molar-refractivity contribution in [2.24, 2.45) is 35.5 Å². The van der Waals surface area contributed by atoms with Crippen molar-refractivity contribution in [3.8, 4) is 0 Å². The van der Waals surface area contributed by atoms with Gasteiger partial charge >= 0.3 is 5.97 Å². The molecule has 5 saturated heterocycles. The average Bonchev–Trinajstić information content (AvgIpc) is 3.90. The van der Waals surface area contributed by atoms with E-state index < -0.39 is 53.6 Å². The number of hydrogen-bond donors (Lipinski definition) is 3. The molecule has 0 aromatic rings. The summed E-state index contributed by atoms with van der Waals surface area (Å²) in [5.41, 5.74) is -1.17. The lowest BCUT2D eigenvalue weighted by molar-refractivity contribution is -0.336. The van der Waals surface area contributed by atoms with Crippen LogP contribution < -0.4 is 0 Å². The Morgan fingerprint density at radius 2 is 1.58 bits per heavy atom. The van der Waals surface area contributed by atoms with Crippen LogP contribution in [0, 0.1) is 35.5 Å². The van der Waals surface area contributed by atoms with Crippen molar-refractivity contribution >= 4 is 5.97 Å². The van der Waals surface area contributed by atoms with Crippen molar-refractivity contribution in [3.63, 3.8) is 0 Å². The van der Waals surface area contributed by atoms with Crippen LogP contribution in [0.3, 0.4) is 0 Å². The first-order valence-corrected chi connectivity index (χ1v) is 21.8. The van der Waals surface area contributed by atoms with Gasteiger partial charge in [-0.1, -0.05) is 41.5 Å². The highest BCUT2D eigenvalue weighted by Crippen LogP contribution is 2.55. The third-order valence-electron chi connectivity index (χ3n) is 14.3. The monoisotopic (exact) mass is 817 g/mol. The first-order chi connectivity index (χ1) is 27.0. The predicted molar refractivity (Wildman–Crippen MR) is 209 cm³/mol. The number of carbonyl (C=O) groups excluding carboxylic acids is 1. The van der Waals surface area contributed by atoms with E-state index in [1.807, 2.05) is 20.8 Å². The van der Waals surface area contributed by atoms with Crippen molar-refractivity contribution < 1.29 is 67.5 Å². The van der Waals surface area contributed by atoms with Gasteiger partial charge in [0.15, 0.2) is 11.6 Å².